The number of nitrogens with one attached hydrogen (secondary N) is 1. The summed E-state index contributed by atoms with van der Waals surface area (Å²) >= 11 is 10.8. The summed E-state index contributed by atoms with van der Waals surface area (Å²) < 4.78 is 1.59. The molecule has 0 saturated carbocycles. The second-order valence-corrected chi connectivity index (χ2v) is 4.94. The normalized spacial score (nSPS) is 10.9. The Kier molecular flexibility index (Phi) is 3.64. The van der Waals surface area contributed by atoms with Crippen LogP contribution in [0.3, 0.4) is 0 Å². The smallest absolute Gasteiger partial charge is 0.337 e. The number of aromatic carboxylic acids is 1. The molecule has 1 amide bonds. The fourth-order valence-electron chi connectivity index (χ4n) is 1.73. The van der Waals surface area contributed by atoms with E-state index in [-0.39, 0.29) is 11.3 Å². The lowest BCUT2D eigenvalue weighted by molar-refractivity contribution is -0.114. The highest BCUT2D eigenvalue weighted by atomic mass is 35.5. The lowest BCUT2D eigenvalue weighted by Gasteiger charge is -2.08. The summed E-state index contributed by atoms with van der Waals surface area (Å²) in [7, 11) is 1.69. The molecule has 0 unspecified atom stereocenters. The molecule has 1 aromatic heterocycles. The Labute approximate surface area is 117 Å². The fraction of sp³-hybridized carbons (Fsp3) is 0.182. The first-order valence-corrected chi connectivity index (χ1v) is 6.05. The van der Waals surface area contributed by atoms with Crippen LogP contribution < -0.4 is 5.32 Å². The third kappa shape index (κ3) is 2.64. The molecule has 8 heteroatoms. The van der Waals surface area contributed by atoms with Gasteiger partial charge in [0.05, 0.1) is 22.9 Å². The van der Waals surface area contributed by atoms with Crippen LogP contribution in [0.15, 0.2) is 18.5 Å². The topological polar surface area (TPSA) is 84.2 Å². The fourth-order valence-corrected chi connectivity index (χ4v) is 1.84. The predicted octanol–water partition coefficient (Wildman–Crippen LogP) is 2.01. The summed E-state index contributed by atoms with van der Waals surface area (Å²) in [5.41, 5.74) is 1.24. The molecular weight excluding hydrogens is 293 g/mol. The largest absolute Gasteiger partial charge is 0.478 e. The molecule has 0 atom stereocenters. The van der Waals surface area contributed by atoms with Crippen LogP contribution in [0.5, 0.6) is 0 Å². The molecular formula is C11H9Cl2N3O3. The molecule has 2 rings (SSSR count). The molecule has 6 nitrogen and oxygen atoms in total. The zero-order valence-electron chi connectivity index (χ0n) is 9.72. The van der Waals surface area contributed by atoms with Gasteiger partial charge < -0.3 is 15.0 Å². The summed E-state index contributed by atoms with van der Waals surface area (Å²) in [5.74, 6) is -1.74. The second kappa shape index (κ2) is 5.07. The number of carbonyl (C=O) groups is 2. The Morgan fingerprint density at radius 1 is 1.42 bits per heavy atom. The quantitative estimate of drug-likeness (QED) is 0.849. The van der Waals surface area contributed by atoms with Gasteiger partial charge in [-0.1, -0.05) is 23.2 Å². The summed E-state index contributed by atoms with van der Waals surface area (Å²) in [6.45, 7) is 0. The van der Waals surface area contributed by atoms with E-state index < -0.39 is 16.7 Å². The van der Waals surface area contributed by atoms with E-state index in [0.29, 0.717) is 11.0 Å². The number of imidazole rings is 1. The number of alkyl halides is 2. The van der Waals surface area contributed by atoms with Crippen LogP contribution in [0, 0.1) is 0 Å². The van der Waals surface area contributed by atoms with Gasteiger partial charge in [0, 0.05) is 12.7 Å². The van der Waals surface area contributed by atoms with E-state index in [4.69, 9.17) is 23.2 Å². The van der Waals surface area contributed by atoms with Gasteiger partial charge in [0.1, 0.15) is 0 Å². The summed E-state index contributed by atoms with van der Waals surface area (Å²) in [6, 6.07) is 2.89. The molecule has 2 N–H and O–H groups in total. The zero-order chi connectivity index (χ0) is 14.2. The van der Waals surface area contributed by atoms with Gasteiger partial charge in [0.15, 0.2) is 4.84 Å². The van der Waals surface area contributed by atoms with Gasteiger partial charge in [-0.3, -0.25) is 4.79 Å². The van der Waals surface area contributed by atoms with Crippen molar-refractivity contribution in [2.45, 2.75) is 4.84 Å². The maximum Gasteiger partial charge on any atom is 0.337 e. The number of anilines is 1. The predicted molar refractivity (Wildman–Crippen MR) is 71.8 cm³/mol. The number of benzene rings is 1. The minimum absolute atomic E-state index is 0.0356. The van der Waals surface area contributed by atoms with Gasteiger partial charge in [-0.15, -0.1) is 0 Å². The molecule has 0 aliphatic heterocycles. The van der Waals surface area contributed by atoms with Crippen molar-refractivity contribution in [3.63, 3.8) is 0 Å². The van der Waals surface area contributed by atoms with E-state index in [1.165, 1.54) is 12.4 Å². The molecule has 0 saturated heterocycles. The van der Waals surface area contributed by atoms with E-state index >= 15 is 0 Å². The van der Waals surface area contributed by atoms with Crippen LogP contribution in [0.1, 0.15) is 10.4 Å². The Morgan fingerprint density at radius 3 is 2.68 bits per heavy atom. The van der Waals surface area contributed by atoms with Crippen molar-refractivity contribution in [2.75, 3.05) is 5.32 Å². The van der Waals surface area contributed by atoms with E-state index in [1.807, 2.05) is 0 Å². The molecule has 0 fully saturated rings. The molecule has 0 radical (unpaired) electrons. The number of carboxylic acid groups (broad SMARTS) is 1. The highest BCUT2D eigenvalue weighted by molar-refractivity contribution is 6.54. The minimum Gasteiger partial charge on any atom is -0.478 e. The number of halogens is 2. The summed E-state index contributed by atoms with van der Waals surface area (Å²) in [5, 5.41) is 11.6. The molecule has 0 aliphatic rings. The van der Waals surface area contributed by atoms with Gasteiger partial charge in [0.2, 0.25) is 0 Å². The molecule has 2 aromatic rings. The first kappa shape index (κ1) is 13.6. The van der Waals surface area contributed by atoms with E-state index in [0.717, 1.165) is 0 Å². The molecule has 0 aliphatic carbocycles. The van der Waals surface area contributed by atoms with Crippen LogP contribution in [0.4, 0.5) is 5.69 Å². The Balaban J connectivity index is 2.53. The first-order chi connectivity index (χ1) is 8.90. The summed E-state index contributed by atoms with van der Waals surface area (Å²) in [6.07, 6.45) is 1.49. The van der Waals surface area contributed by atoms with Gasteiger partial charge in [-0.25, -0.2) is 9.78 Å². The van der Waals surface area contributed by atoms with E-state index in [9.17, 15) is 14.7 Å². The van der Waals surface area contributed by atoms with Crippen molar-refractivity contribution in [3.8, 4) is 0 Å². The average Bonchev–Trinajstić information content (AvgIpc) is 2.70. The number of carbonyl (C=O) groups excluding carboxylic acids is 1. The number of hydrogen-bond acceptors (Lipinski definition) is 3. The molecule has 0 spiro atoms. The minimum atomic E-state index is -1.23. The van der Waals surface area contributed by atoms with Gasteiger partial charge >= 0.3 is 5.97 Å². The Bertz CT molecular complexity index is 666. The standard InChI is InChI=1S/C11H9Cl2N3O3/c1-16-4-14-7-3-5(15-10(17)9(12)13)2-6(8(7)16)11(18)19/h2-4,9H,1H3,(H,15,17)(H,18,19). The third-order valence-corrected chi connectivity index (χ3v) is 2.91. The van der Waals surface area contributed by atoms with Crippen LogP contribution in [-0.4, -0.2) is 31.4 Å². The maximum atomic E-state index is 11.4. The van der Waals surface area contributed by atoms with Gasteiger partial charge in [0.25, 0.3) is 5.91 Å². The Morgan fingerprint density at radius 2 is 2.11 bits per heavy atom. The van der Waals surface area contributed by atoms with Gasteiger partial charge in [-0.05, 0) is 12.1 Å². The van der Waals surface area contributed by atoms with Crippen molar-refractivity contribution in [3.05, 3.63) is 24.0 Å². The monoisotopic (exact) mass is 301 g/mol. The van der Waals surface area contributed by atoms with Crippen molar-refractivity contribution >= 4 is 51.8 Å². The summed E-state index contributed by atoms with van der Waals surface area (Å²) in [4.78, 5) is 25.4. The molecule has 1 aromatic carbocycles. The van der Waals surface area contributed by atoms with Crippen LogP contribution in [0.25, 0.3) is 11.0 Å². The van der Waals surface area contributed by atoms with Gasteiger partial charge in [-0.2, -0.15) is 0 Å². The number of fused-ring (bicyclic) bond motifs is 1. The van der Waals surface area contributed by atoms with Crippen molar-refractivity contribution in [1.82, 2.24) is 9.55 Å². The molecule has 1 heterocycles. The van der Waals surface area contributed by atoms with Crippen molar-refractivity contribution < 1.29 is 14.7 Å². The van der Waals surface area contributed by atoms with E-state index in [1.54, 1.807) is 17.7 Å². The average molecular weight is 302 g/mol. The number of rotatable bonds is 3. The SMILES string of the molecule is Cn1cnc2cc(NC(=O)C(Cl)Cl)cc(C(=O)O)c21. The lowest BCUT2D eigenvalue weighted by Crippen LogP contribution is -2.18. The number of aromatic nitrogens is 2. The van der Waals surface area contributed by atoms with Crippen LogP contribution in [0.2, 0.25) is 0 Å². The number of nitrogens with zero attached hydrogens (tertiary/aromatic N) is 2. The first-order valence-electron chi connectivity index (χ1n) is 5.17. The number of carboxylic acids is 1. The zero-order valence-corrected chi connectivity index (χ0v) is 11.2. The second-order valence-electron chi connectivity index (χ2n) is 3.84. The van der Waals surface area contributed by atoms with Crippen LogP contribution in [-0.2, 0) is 11.8 Å². The molecule has 0 bridgehead atoms. The highest BCUT2D eigenvalue weighted by Gasteiger charge is 2.17. The number of amides is 1. The Hall–Kier alpha value is -1.79. The van der Waals surface area contributed by atoms with Crippen molar-refractivity contribution in [2.24, 2.45) is 7.05 Å². The van der Waals surface area contributed by atoms with E-state index in [2.05, 4.69) is 10.3 Å². The highest BCUT2D eigenvalue weighted by Crippen LogP contribution is 2.23. The van der Waals surface area contributed by atoms with Crippen molar-refractivity contribution in [1.29, 1.82) is 0 Å². The lowest BCUT2D eigenvalue weighted by atomic mass is 10.1. The molecule has 19 heavy (non-hydrogen) atoms. The number of aryl methyl sites for hydroxylation is 1. The maximum absolute atomic E-state index is 11.4. The number of hydrogen-bond donors (Lipinski definition) is 2. The van der Waals surface area contributed by atoms with Crippen LogP contribution >= 0.6 is 23.2 Å². The molecule has 100 valence electrons. The third-order valence-electron chi connectivity index (χ3n) is 2.51.